The Labute approximate surface area is 278 Å². The number of fused-ring (bicyclic) bond motifs is 3. The van der Waals surface area contributed by atoms with Crippen LogP contribution < -0.4 is 0 Å². The molecule has 258 valence electrons. The summed E-state index contributed by atoms with van der Waals surface area (Å²) in [7, 11) is 3.82. The lowest BCUT2D eigenvalue weighted by atomic mass is 9.49. The Morgan fingerprint density at radius 3 is 2.09 bits per heavy atom. The van der Waals surface area contributed by atoms with Crippen LogP contribution >= 0.6 is 0 Å². The largest absolute Gasteiger partial charge is 0.462 e. The fourth-order valence-corrected chi connectivity index (χ4v) is 8.53. The number of ether oxygens (including phenoxy) is 4. The first-order chi connectivity index (χ1) is 21.9. The van der Waals surface area contributed by atoms with Gasteiger partial charge in [0.05, 0.1) is 6.42 Å². The first-order valence-electron chi connectivity index (χ1n) is 16.4. The van der Waals surface area contributed by atoms with Crippen molar-refractivity contribution in [3.63, 3.8) is 0 Å². The molecule has 1 aromatic rings. The van der Waals surface area contributed by atoms with Crippen molar-refractivity contribution in [2.75, 3.05) is 14.1 Å². The molecule has 2 saturated carbocycles. The number of carbonyl (C=O) groups is 4. The van der Waals surface area contributed by atoms with Gasteiger partial charge in [-0.2, -0.15) is 0 Å². The molecule has 0 aromatic heterocycles. The average molecular weight is 654 g/mol. The van der Waals surface area contributed by atoms with Gasteiger partial charge in [0.1, 0.15) is 24.4 Å². The Balaban J connectivity index is 1.79. The van der Waals surface area contributed by atoms with Crippen molar-refractivity contribution in [2.45, 2.75) is 111 Å². The van der Waals surface area contributed by atoms with E-state index in [0.29, 0.717) is 36.0 Å². The molecule has 0 amide bonds. The first-order valence-corrected chi connectivity index (χ1v) is 16.4. The van der Waals surface area contributed by atoms with E-state index in [1.807, 2.05) is 77.0 Å². The van der Waals surface area contributed by atoms with E-state index >= 15 is 0 Å². The van der Waals surface area contributed by atoms with E-state index in [9.17, 15) is 24.3 Å². The zero-order valence-electron chi connectivity index (χ0n) is 29.2. The number of carbonyl (C=O) groups excluding carboxylic acids is 4. The van der Waals surface area contributed by atoms with Crippen molar-refractivity contribution in [1.29, 1.82) is 0 Å². The van der Waals surface area contributed by atoms with Crippen LogP contribution in [0.25, 0.3) is 0 Å². The minimum absolute atomic E-state index is 0.112. The Kier molecular flexibility index (Phi) is 10.8. The molecule has 1 aromatic carbocycles. The highest BCUT2D eigenvalue weighted by atomic mass is 16.6. The molecule has 1 N–H and O–H groups in total. The molecule has 0 aliphatic heterocycles. The van der Waals surface area contributed by atoms with Gasteiger partial charge in [-0.25, -0.2) is 0 Å². The highest BCUT2D eigenvalue weighted by Gasteiger charge is 2.63. The van der Waals surface area contributed by atoms with E-state index in [4.69, 9.17) is 18.9 Å². The SMILES string of the molecule is C=C1C(OC(=O)CC(c2ccccc2)N(C)C)CCC2(C)C(O)C(OC(C)=O)C3=C(C)C(OC(C)=O)CC(C(OC(C)=O)C12)C3(C)C. The molecule has 0 saturated heterocycles. The van der Waals surface area contributed by atoms with Crippen molar-refractivity contribution < 1.29 is 43.2 Å². The second-order valence-electron chi connectivity index (χ2n) is 14.5. The van der Waals surface area contributed by atoms with Gasteiger partial charge < -0.3 is 29.0 Å². The summed E-state index contributed by atoms with van der Waals surface area (Å²) < 4.78 is 24.0. The van der Waals surface area contributed by atoms with Crippen LogP contribution in [0.2, 0.25) is 0 Å². The van der Waals surface area contributed by atoms with Crippen LogP contribution in [-0.4, -0.2) is 78.5 Å². The van der Waals surface area contributed by atoms with Crippen molar-refractivity contribution >= 4 is 23.9 Å². The van der Waals surface area contributed by atoms with Crippen LogP contribution in [0.5, 0.6) is 0 Å². The van der Waals surface area contributed by atoms with Gasteiger partial charge in [0.2, 0.25) is 0 Å². The van der Waals surface area contributed by atoms with Crippen molar-refractivity contribution in [3.8, 4) is 0 Å². The number of hydrogen-bond acceptors (Lipinski definition) is 10. The van der Waals surface area contributed by atoms with Crippen LogP contribution in [-0.2, 0) is 38.1 Å². The maximum Gasteiger partial charge on any atom is 0.308 e. The second-order valence-corrected chi connectivity index (χ2v) is 14.5. The maximum atomic E-state index is 13.5. The van der Waals surface area contributed by atoms with Gasteiger partial charge in [0.25, 0.3) is 0 Å². The zero-order valence-corrected chi connectivity index (χ0v) is 29.2. The number of hydrogen-bond donors (Lipinski definition) is 1. The molecule has 3 aliphatic rings. The lowest BCUT2D eigenvalue weighted by Crippen LogP contribution is -2.63. The molecule has 2 fully saturated rings. The topological polar surface area (TPSA) is 129 Å². The van der Waals surface area contributed by atoms with Gasteiger partial charge in [-0.05, 0) is 68.0 Å². The van der Waals surface area contributed by atoms with Gasteiger partial charge in [-0.1, -0.05) is 57.7 Å². The standard InChI is InChI=1S/C37H51NO9/c1-20-28(47-30(42)19-27(38(9)10)25-14-12-11-13-15-25)16-17-37(8)32(20)33(45-23(4)40)26-18-29(44-22(3)39)21(2)31(36(26,6)7)34(35(37)43)46-24(5)41/h11-15,26-29,32-35,43H,1,16-19H2,2-10H3. The minimum atomic E-state index is -1.25. The predicted octanol–water partition coefficient (Wildman–Crippen LogP) is 5.10. The molecule has 47 heavy (non-hydrogen) atoms. The smallest absolute Gasteiger partial charge is 0.308 e. The predicted molar refractivity (Wildman–Crippen MR) is 175 cm³/mol. The van der Waals surface area contributed by atoms with Crippen LogP contribution in [0.3, 0.4) is 0 Å². The van der Waals surface area contributed by atoms with E-state index in [-0.39, 0.29) is 12.5 Å². The van der Waals surface area contributed by atoms with Crippen LogP contribution in [0.4, 0.5) is 0 Å². The summed E-state index contributed by atoms with van der Waals surface area (Å²) in [5.74, 6) is -3.09. The summed E-state index contributed by atoms with van der Waals surface area (Å²) in [4.78, 5) is 53.1. The van der Waals surface area contributed by atoms with Crippen LogP contribution in [0, 0.1) is 22.7 Å². The summed E-state index contributed by atoms with van der Waals surface area (Å²) in [6.07, 6.45) is -3.36. The lowest BCUT2D eigenvalue weighted by Gasteiger charge is -2.59. The Morgan fingerprint density at radius 2 is 1.53 bits per heavy atom. The van der Waals surface area contributed by atoms with E-state index in [1.54, 1.807) is 0 Å². The van der Waals surface area contributed by atoms with Gasteiger partial charge in [0.15, 0.2) is 6.10 Å². The molecule has 10 heteroatoms. The second kappa shape index (κ2) is 13.9. The molecule has 0 heterocycles. The number of aliphatic hydroxyl groups is 1. The summed E-state index contributed by atoms with van der Waals surface area (Å²) >= 11 is 0. The first kappa shape index (κ1) is 36.3. The molecule has 4 rings (SSSR count). The summed E-state index contributed by atoms with van der Waals surface area (Å²) in [5.41, 5.74) is 1.09. The molecule has 3 aliphatic carbocycles. The molecule has 10 nitrogen and oxygen atoms in total. The normalized spacial score (nSPS) is 32.3. The van der Waals surface area contributed by atoms with E-state index in [0.717, 1.165) is 5.56 Å². The number of nitrogens with zero attached hydrogens (tertiary/aromatic N) is 1. The minimum Gasteiger partial charge on any atom is -0.462 e. The Morgan fingerprint density at radius 1 is 0.936 bits per heavy atom. The number of aliphatic hydroxyl groups excluding tert-OH is 1. The Hall–Kier alpha value is -3.50. The average Bonchev–Trinajstić information content (AvgIpc) is 2.96. The Bertz CT molecular complexity index is 1420. The zero-order chi connectivity index (χ0) is 35.0. The molecule has 2 bridgehead atoms. The highest BCUT2D eigenvalue weighted by Crippen LogP contribution is 2.60. The third kappa shape index (κ3) is 7.18. The molecular formula is C37H51NO9. The fourth-order valence-electron chi connectivity index (χ4n) is 8.53. The monoisotopic (exact) mass is 653 g/mol. The van der Waals surface area contributed by atoms with Crippen molar-refractivity contribution in [3.05, 3.63) is 59.2 Å². The number of rotatable bonds is 8. The summed E-state index contributed by atoms with van der Waals surface area (Å²) in [6.45, 7) is 16.1. The molecule has 0 spiro atoms. The maximum absolute atomic E-state index is 13.5. The van der Waals surface area contributed by atoms with Gasteiger partial charge in [-0.3, -0.25) is 19.2 Å². The van der Waals surface area contributed by atoms with E-state index in [1.165, 1.54) is 20.8 Å². The molecular weight excluding hydrogens is 602 g/mol. The van der Waals surface area contributed by atoms with Gasteiger partial charge >= 0.3 is 23.9 Å². The van der Waals surface area contributed by atoms with Gasteiger partial charge in [0, 0.05) is 44.1 Å². The van der Waals surface area contributed by atoms with Crippen LogP contribution in [0.15, 0.2) is 53.6 Å². The quantitative estimate of drug-likeness (QED) is 0.230. The molecule has 0 radical (unpaired) electrons. The highest BCUT2D eigenvalue weighted by molar-refractivity contribution is 5.71. The number of benzene rings is 1. The summed E-state index contributed by atoms with van der Waals surface area (Å²) in [5, 5.41) is 12.3. The fraction of sp³-hybridized carbons (Fsp3) is 0.622. The van der Waals surface area contributed by atoms with Crippen molar-refractivity contribution in [1.82, 2.24) is 4.90 Å². The summed E-state index contributed by atoms with van der Waals surface area (Å²) in [6, 6.07) is 9.53. The van der Waals surface area contributed by atoms with Crippen molar-refractivity contribution in [2.24, 2.45) is 22.7 Å². The lowest BCUT2D eigenvalue weighted by molar-refractivity contribution is -0.194. The van der Waals surface area contributed by atoms with Crippen LogP contribution in [0.1, 0.15) is 85.8 Å². The molecule has 9 atom stereocenters. The van der Waals surface area contributed by atoms with Gasteiger partial charge in [-0.15, -0.1) is 0 Å². The number of esters is 4. The van der Waals surface area contributed by atoms with E-state index in [2.05, 4.69) is 6.58 Å². The third-order valence-corrected chi connectivity index (χ3v) is 10.8. The van der Waals surface area contributed by atoms with E-state index < -0.39 is 77.1 Å². The molecule has 9 unspecified atom stereocenters. The third-order valence-electron chi connectivity index (χ3n) is 10.8.